The zero-order chi connectivity index (χ0) is 25.9. The van der Waals surface area contributed by atoms with Crippen molar-refractivity contribution in [3.8, 4) is 0 Å². The summed E-state index contributed by atoms with van der Waals surface area (Å²) in [5, 5.41) is 9.76. The van der Waals surface area contributed by atoms with E-state index in [4.69, 9.17) is 9.47 Å². The summed E-state index contributed by atoms with van der Waals surface area (Å²) < 4.78 is 12.1. The third-order valence-corrected chi connectivity index (χ3v) is 10.6. The predicted octanol–water partition coefficient (Wildman–Crippen LogP) is 6.84. The zero-order valence-electron chi connectivity index (χ0n) is 23.4. The van der Waals surface area contributed by atoms with E-state index >= 15 is 0 Å². The molecule has 0 aromatic rings. The van der Waals surface area contributed by atoms with Gasteiger partial charge in [0.1, 0.15) is 6.10 Å². The highest BCUT2D eigenvalue weighted by atomic mass is 16.5. The number of hydrogen-bond donors (Lipinski definition) is 1. The minimum Gasteiger partial charge on any atom is -0.465 e. The van der Waals surface area contributed by atoms with Crippen LogP contribution in [0.2, 0.25) is 0 Å². The van der Waals surface area contributed by atoms with Crippen LogP contribution in [0.5, 0.6) is 0 Å². The third-order valence-electron chi connectivity index (χ3n) is 10.6. The fraction of sp³-hybridized carbons (Fsp3) is 0.935. The van der Waals surface area contributed by atoms with Crippen molar-refractivity contribution in [3.63, 3.8) is 0 Å². The molecule has 4 aliphatic rings. The minimum absolute atomic E-state index is 0.125. The van der Waals surface area contributed by atoms with Crippen LogP contribution in [-0.2, 0) is 19.1 Å². The molecule has 4 saturated carbocycles. The maximum absolute atomic E-state index is 13.5. The molecule has 5 unspecified atom stereocenters. The first-order valence-corrected chi connectivity index (χ1v) is 15.2. The normalized spacial score (nSPS) is 36.6. The van der Waals surface area contributed by atoms with Crippen LogP contribution in [-0.4, -0.2) is 35.9 Å². The number of esters is 2. The highest BCUT2D eigenvalue weighted by Crippen LogP contribution is 2.53. The number of aliphatic hydroxyl groups is 1. The van der Waals surface area contributed by atoms with E-state index in [1.54, 1.807) is 0 Å². The number of aliphatic hydroxyl groups excluding tert-OH is 1. The molecule has 5 atom stereocenters. The van der Waals surface area contributed by atoms with Crippen molar-refractivity contribution in [1.29, 1.82) is 0 Å². The molecule has 0 aliphatic heterocycles. The lowest BCUT2D eigenvalue weighted by molar-refractivity contribution is -0.170. The minimum atomic E-state index is -0.751. The van der Waals surface area contributed by atoms with Crippen molar-refractivity contribution in [2.45, 2.75) is 136 Å². The molecule has 0 radical (unpaired) electrons. The number of ether oxygens (including phenoxy) is 2. The van der Waals surface area contributed by atoms with Crippen LogP contribution in [0.25, 0.3) is 0 Å². The van der Waals surface area contributed by atoms with Crippen LogP contribution in [0, 0.1) is 40.4 Å². The van der Waals surface area contributed by atoms with Crippen molar-refractivity contribution in [3.05, 3.63) is 0 Å². The van der Waals surface area contributed by atoms with Gasteiger partial charge in [-0.2, -0.15) is 0 Å². The van der Waals surface area contributed by atoms with Crippen LogP contribution >= 0.6 is 0 Å². The van der Waals surface area contributed by atoms with Crippen molar-refractivity contribution in [1.82, 2.24) is 0 Å². The lowest BCUT2D eigenvalue weighted by Crippen LogP contribution is -2.46. The van der Waals surface area contributed by atoms with Gasteiger partial charge in [-0.25, -0.2) is 0 Å². The fourth-order valence-corrected chi connectivity index (χ4v) is 8.35. The SMILES string of the molecule is CCC(C)(CC(C)(C)C(=O)OCC1C2CCCCC2CC2CCCCC21)C(=O)OC1CCC(O)CC1. The molecule has 4 fully saturated rings. The summed E-state index contributed by atoms with van der Waals surface area (Å²) in [7, 11) is 0. The zero-order valence-corrected chi connectivity index (χ0v) is 23.4. The van der Waals surface area contributed by atoms with Crippen LogP contribution in [0.3, 0.4) is 0 Å². The van der Waals surface area contributed by atoms with Gasteiger partial charge in [0.2, 0.25) is 0 Å². The largest absolute Gasteiger partial charge is 0.465 e. The smallest absolute Gasteiger partial charge is 0.312 e. The molecule has 0 bridgehead atoms. The van der Waals surface area contributed by atoms with E-state index in [0.717, 1.165) is 23.7 Å². The highest BCUT2D eigenvalue weighted by Gasteiger charge is 2.48. The molecular weight excluding hydrogens is 452 g/mol. The van der Waals surface area contributed by atoms with Gasteiger partial charge in [-0.05, 0) is 108 Å². The van der Waals surface area contributed by atoms with Crippen molar-refractivity contribution < 1.29 is 24.2 Å². The summed E-state index contributed by atoms with van der Waals surface area (Å²) in [4.78, 5) is 26.7. The van der Waals surface area contributed by atoms with Gasteiger partial charge in [-0.3, -0.25) is 9.59 Å². The monoisotopic (exact) mass is 504 g/mol. The first-order valence-electron chi connectivity index (χ1n) is 15.2. The number of fused-ring (bicyclic) bond motifs is 2. The topological polar surface area (TPSA) is 72.8 Å². The van der Waals surface area contributed by atoms with Gasteiger partial charge in [0, 0.05) is 0 Å². The van der Waals surface area contributed by atoms with Crippen molar-refractivity contribution >= 4 is 11.9 Å². The lowest BCUT2D eigenvalue weighted by Gasteiger charge is -2.51. The molecule has 206 valence electrons. The van der Waals surface area contributed by atoms with Gasteiger partial charge in [0.25, 0.3) is 0 Å². The highest BCUT2D eigenvalue weighted by molar-refractivity contribution is 5.80. The molecule has 36 heavy (non-hydrogen) atoms. The standard InChI is InChI=1S/C31H52O5/c1-5-31(4,29(34)36-24-16-14-23(32)15-17-24)20-30(2,3)28(33)35-19-27-25-12-8-6-10-21(25)18-22-11-7-9-13-26(22)27/h21-27,32H,5-20H2,1-4H3. The van der Waals surface area contributed by atoms with Crippen LogP contribution in [0.15, 0.2) is 0 Å². The Hall–Kier alpha value is -1.10. The Morgan fingerprint density at radius 3 is 1.92 bits per heavy atom. The van der Waals surface area contributed by atoms with Gasteiger partial charge < -0.3 is 14.6 Å². The molecule has 0 heterocycles. The van der Waals surface area contributed by atoms with E-state index in [1.807, 2.05) is 27.7 Å². The molecular formula is C31H52O5. The maximum atomic E-state index is 13.5. The summed E-state index contributed by atoms with van der Waals surface area (Å²) >= 11 is 0. The van der Waals surface area contributed by atoms with E-state index in [0.29, 0.717) is 51.0 Å². The van der Waals surface area contributed by atoms with E-state index in [1.165, 1.54) is 57.8 Å². The summed E-state index contributed by atoms with van der Waals surface area (Å²) in [5.41, 5.74) is -1.48. The molecule has 0 aromatic carbocycles. The first-order chi connectivity index (χ1) is 17.1. The maximum Gasteiger partial charge on any atom is 0.312 e. The molecule has 4 aliphatic carbocycles. The quantitative estimate of drug-likeness (QED) is 0.366. The first kappa shape index (κ1) is 27.9. The Labute approximate surface area is 219 Å². The van der Waals surface area contributed by atoms with Gasteiger partial charge >= 0.3 is 11.9 Å². The summed E-state index contributed by atoms with van der Waals surface area (Å²) in [6.07, 6.45) is 15.6. The van der Waals surface area contributed by atoms with Crippen molar-refractivity contribution in [2.75, 3.05) is 6.61 Å². The van der Waals surface area contributed by atoms with Gasteiger partial charge in [0.15, 0.2) is 0 Å². The Morgan fingerprint density at radius 2 is 1.36 bits per heavy atom. The van der Waals surface area contributed by atoms with Gasteiger partial charge in [0.05, 0.1) is 23.5 Å². The van der Waals surface area contributed by atoms with Gasteiger partial charge in [-0.15, -0.1) is 0 Å². The van der Waals surface area contributed by atoms with E-state index in [2.05, 4.69) is 0 Å². The lowest BCUT2D eigenvalue weighted by atomic mass is 9.55. The van der Waals surface area contributed by atoms with E-state index in [9.17, 15) is 14.7 Å². The van der Waals surface area contributed by atoms with Gasteiger partial charge in [-0.1, -0.05) is 45.4 Å². The molecule has 0 saturated heterocycles. The number of carbonyl (C=O) groups is 2. The molecule has 4 rings (SSSR count). The van der Waals surface area contributed by atoms with Crippen LogP contribution < -0.4 is 0 Å². The molecule has 5 nitrogen and oxygen atoms in total. The molecule has 0 spiro atoms. The number of carbonyl (C=O) groups excluding carboxylic acids is 2. The Kier molecular flexibility index (Phi) is 9.11. The van der Waals surface area contributed by atoms with Crippen LogP contribution in [0.4, 0.5) is 0 Å². The molecule has 0 aromatic heterocycles. The summed E-state index contributed by atoms with van der Waals surface area (Å²) in [6.45, 7) is 8.36. The average molecular weight is 505 g/mol. The Morgan fingerprint density at radius 1 is 0.806 bits per heavy atom. The summed E-state index contributed by atoms with van der Waals surface area (Å²) in [6, 6.07) is 0. The number of hydrogen-bond acceptors (Lipinski definition) is 5. The average Bonchev–Trinajstić information content (AvgIpc) is 2.87. The predicted molar refractivity (Wildman–Crippen MR) is 141 cm³/mol. The Balaban J connectivity index is 1.36. The third kappa shape index (κ3) is 6.30. The molecule has 1 N–H and O–H groups in total. The molecule has 0 amide bonds. The Bertz CT molecular complexity index is 732. The van der Waals surface area contributed by atoms with Crippen LogP contribution in [0.1, 0.15) is 124 Å². The fourth-order valence-electron chi connectivity index (χ4n) is 8.35. The van der Waals surface area contributed by atoms with E-state index in [-0.39, 0.29) is 24.1 Å². The summed E-state index contributed by atoms with van der Waals surface area (Å²) in [5.74, 6) is 3.23. The second-order valence-corrected chi connectivity index (χ2v) is 13.7. The van der Waals surface area contributed by atoms with Crippen molar-refractivity contribution in [2.24, 2.45) is 40.4 Å². The second kappa shape index (κ2) is 11.7. The van der Waals surface area contributed by atoms with E-state index < -0.39 is 10.8 Å². The second-order valence-electron chi connectivity index (χ2n) is 13.7. The molecule has 5 heteroatoms. The number of rotatable bonds is 8.